The van der Waals surface area contributed by atoms with Crippen LogP contribution < -0.4 is 0 Å². The highest BCUT2D eigenvalue weighted by atomic mass is 16.5. The molecule has 0 fully saturated rings. The third-order valence-corrected chi connectivity index (χ3v) is 1.84. The molecule has 0 saturated carbocycles. The van der Waals surface area contributed by atoms with Crippen LogP contribution in [-0.2, 0) is 11.3 Å². The number of ether oxygens (including phenoxy) is 1. The lowest BCUT2D eigenvalue weighted by Gasteiger charge is -1.98. The normalized spacial score (nSPS) is 10.4. The summed E-state index contributed by atoms with van der Waals surface area (Å²) in [6.07, 6.45) is 3.36. The van der Waals surface area contributed by atoms with Gasteiger partial charge in [0.25, 0.3) is 0 Å². The molecular weight excluding hydrogens is 180 g/mol. The van der Waals surface area contributed by atoms with Crippen LogP contribution in [0.4, 0.5) is 0 Å². The fourth-order valence-electron chi connectivity index (χ4n) is 1.23. The van der Waals surface area contributed by atoms with Crippen LogP contribution in [0.25, 0.3) is 11.5 Å². The van der Waals surface area contributed by atoms with Crippen molar-refractivity contribution in [3.8, 4) is 11.5 Å². The number of rotatable bonds is 3. The molecule has 0 amide bonds. The van der Waals surface area contributed by atoms with Crippen LogP contribution >= 0.6 is 0 Å². The molecule has 0 aliphatic carbocycles. The molecule has 0 bridgehead atoms. The third kappa shape index (κ3) is 1.65. The van der Waals surface area contributed by atoms with Crippen molar-refractivity contribution in [3.05, 3.63) is 36.2 Å². The van der Waals surface area contributed by atoms with Gasteiger partial charge >= 0.3 is 0 Å². The van der Waals surface area contributed by atoms with Crippen molar-refractivity contribution in [1.29, 1.82) is 0 Å². The van der Waals surface area contributed by atoms with Crippen molar-refractivity contribution in [1.82, 2.24) is 10.1 Å². The van der Waals surface area contributed by atoms with Crippen LogP contribution in [0.5, 0.6) is 0 Å². The zero-order chi connectivity index (χ0) is 9.80. The molecule has 72 valence electrons. The Morgan fingerprint density at radius 1 is 1.43 bits per heavy atom. The zero-order valence-electron chi connectivity index (χ0n) is 7.80. The number of aromatic nitrogens is 2. The molecule has 2 aromatic heterocycles. The third-order valence-electron chi connectivity index (χ3n) is 1.84. The van der Waals surface area contributed by atoms with E-state index in [1.165, 1.54) is 0 Å². The minimum Gasteiger partial charge on any atom is -0.380 e. The highest BCUT2D eigenvalue weighted by molar-refractivity contribution is 5.55. The molecule has 0 unspecified atom stereocenters. The SMILES string of the molecule is COCc1cnoc1-c1ccccn1. The molecule has 14 heavy (non-hydrogen) atoms. The van der Waals surface area contributed by atoms with Gasteiger partial charge in [-0.2, -0.15) is 0 Å². The quantitative estimate of drug-likeness (QED) is 0.741. The average molecular weight is 190 g/mol. The fourth-order valence-corrected chi connectivity index (χ4v) is 1.23. The van der Waals surface area contributed by atoms with Gasteiger partial charge in [-0.25, -0.2) is 0 Å². The van der Waals surface area contributed by atoms with E-state index in [0.29, 0.717) is 12.4 Å². The standard InChI is InChI=1S/C10H10N2O2/c1-13-7-8-6-12-14-10(8)9-4-2-3-5-11-9/h2-6H,7H2,1H3. The van der Waals surface area contributed by atoms with Crippen molar-refractivity contribution in [2.24, 2.45) is 0 Å². The monoisotopic (exact) mass is 190 g/mol. The molecule has 4 heteroatoms. The summed E-state index contributed by atoms with van der Waals surface area (Å²) in [5, 5.41) is 3.72. The van der Waals surface area contributed by atoms with Gasteiger partial charge in [0.15, 0.2) is 5.76 Å². The molecule has 0 saturated heterocycles. The Balaban J connectivity index is 2.37. The van der Waals surface area contributed by atoms with Crippen molar-refractivity contribution in [3.63, 3.8) is 0 Å². The minimum atomic E-state index is 0.482. The van der Waals surface area contributed by atoms with Crippen molar-refractivity contribution in [2.75, 3.05) is 7.11 Å². The van der Waals surface area contributed by atoms with Gasteiger partial charge in [-0.05, 0) is 12.1 Å². The van der Waals surface area contributed by atoms with Gasteiger partial charge in [-0.3, -0.25) is 4.98 Å². The van der Waals surface area contributed by atoms with Crippen molar-refractivity contribution in [2.45, 2.75) is 6.61 Å². The first-order valence-electron chi connectivity index (χ1n) is 4.25. The number of hydrogen-bond acceptors (Lipinski definition) is 4. The Morgan fingerprint density at radius 2 is 2.36 bits per heavy atom. The van der Waals surface area contributed by atoms with E-state index in [9.17, 15) is 0 Å². The summed E-state index contributed by atoms with van der Waals surface area (Å²) in [6.45, 7) is 0.482. The van der Waals surface area contributed by atoms with E-state index >= 15 is 0 Å². The lowest BCUT2D eigenvalue weighted by Crippen LogP contribution is -1.88. The van der Waals surface area contributed by atoms with Gasteiger partial charge in [-0.15, -0.1) is 0 Å². The lowest BCUT2D eigenvalue weighted by atomic mass is 10.2. The first kappa shape index (κ1) is 8.90. The maximum absolute atomic E-state index is 5.11. The van der Waals surface area contributed by atoms with Crippen LogP contribution in [0.2, 0.25) is 0 Å². The molecule has 2 heterocycles. The summed E-state index contributed by atoms with van der Waals surface area (Å²) >= 11 is 0. The Kier molecular flexibility index (Phi) is 2.55. The Labute approximate surface area is 81.5 Å². The molecule has 2 rings (SSSR count). The predicted molar refractivity (Wildman–Crippen MR) is 50.4 cm³/mol. The Bertz CT molecular complexity index is 398. The summed E-state index contributed by atoms with van der Waals surface area (Å²) in [7, 11) is 1.63. The minimum absolute atomic E-state index is 0.482. The summed E-state index contributed by atoms with van der Waals surface area (Å²) < 4.78 is 10.1. The molecule has 0 radical (unpaired) electrons. The summed E-state index contributed by atoms with van der Waals surface area (Å²) in [4.78, 5) is 4.17. The molecule has 0 N–H and O–H groups in total. The van der Waals surface area contributed by atoms with E-state index in [4.69, 9.17) is 9.26 Å². The van der Waals surface area contributed by atoms with Crippen LogP contribution in [0.15, 0.2) is 35.1 Å². The molecule has 0 spiro atoms. The smallest absolute Gasteiger partial charge is 0.190 e. The summed E-state index contributed by atoms with van der Waals surface area (Å²) in [5.41, 5.74) is 1.68. The molecule has 2 aromatic rings. The molecular formula is C10H10N2O2. The fraction of sp³-hybridized carbons (Fsp3) is 0.200. The van der Waals surface area contributed by atoms with Crippen molar-refractivity contribution >= 4 is 0 Å². The maximum Gasteiger partial charge on any atom is 0.190 e. The predicted octanol–water partition coefficient (Wildman–Crippen LogP) is 1.88. The van der Waals surface area contributed by atoms with Gasteiger partial charge in [0, 0.05) is 18.9 Å². The molecule has 0 aromatic carbocycles. The lowest BCUT2D eigenvalue weighted by molar-refractivity contribution is 0.185. The maximum atomic E-state index is 5.11. The Morgan fingerprint density at radius 3 is 3.07 bits per heavy atom. The van der Waals surface area contributed by atoms with Crippen LogP contribution in [0.3, 0.4) is 0 Å². The topological polar surface area (TPSA) is 48.2 Å². The second kappa shape index (κ2) is 4.02. The highest BCUT2D eigenvalue weighted by Crippen LogP contribution is 2.21. The summed E-state index contributed by atoms with van der Waals surface area (Å²) in [5.74, 6) is 0.674. The van der Waals surface area contributed by atoms with Crippen LogP contribution in [0.1, 0.15) is 5.56 Å². The second-order valence-corrected chi connectivity index (χ2v) is 2.83. The van der Waals surface area contributed by atoms with E-state index in [0.717, 1.165) is 11.3 Å². The van der Waals surface area contributed by atoms with E-state index in [1.54, 1.807) is 19.5 Å². The number of hydrogen-bond donors (Lipinski definition) is 0. The largest absolute Gasteiger partial charge is 0.380 e. The van der Waals surface area contributed by atoms with Crippen molar-refractivity contribution < 1.29 is 9.26 Å². The first-order chi connectivity index (χ1) is 6.92. The van der Waals surface area contributed by atoms with Crippen LogP contribution in [0, 0.1) is 0 Å². The highest BCUT2D eigenvalue weighted by Gasteiger charge is 2.10. The molecule has 4 nitrogen and oxygen atoms in total. The van der Waals surface area contributed by atoms with Gasteiger partial charge in [0.2, 0.25) is 0 Å². The van der Waals surface area contributed by atoms with Gasteiger partial charge in [0.05, 0.1) is 12.8 Å². The summed E-state index contributed by atoms with van der Waals surface area (Å²) in [6, 6.07) is 5.64. The molecule has 0 aliphatic rings. The zero-order valence-corrected chi connectivity index (χ0v) is 7.80. The number of pyridine rings is 1. The molecule has 0 aliphatic heterocycles. The number of nitrogens with zero attached hydrogens (tertiary/aromatic N) is 2. The van der Waals surface area contributed by atoms with Crippen LogP contribution in [-0.4, -0.2) is 17.3 Å². The van der Waals surface area contributed by atoms with E-state index < -0.39 is 0 Å². The Hall–Kier alpha value is -1.68. The molecule has 0 atom stereocenters. The second-order valence-electron chi connectivity index (χ2n) is 2.83. The number of methoxy groups -OCH3 is 1. The van der Waals surface area contributed by atoms with E-state index in [1.807, 2.05) is 18.2 Å². The average Bonchev–Trinajstić information content (AvgIpc) is 2.68. The first-order valence-corrected chi connectivity index (χ1v) is 4.25. The van der Waals surface area contributed by atoms with Gasteiger partial charge in [0.1, 0.15) is 5.69 Å². The van der Waals surface area contributed by atoms with E-state index in [2.05, 4.69) is 10.1 Å². The van der Waals surface area contributed by atoms with Gasteiger partial charge < -0.3 is 9.26 Å². The van der Waals surface area contributed by atoms with Gasteiger partial charge in [-0.1, -0.05) is 11.2 Å². The van der Waals surface area contributed by atoms with E-state index in [-0.39, 0.29) is 0 Å².